The molecule has 1 atom stereocenters. The van der Waals surface area contributed by atoms with Gasteiger partial charge < -0.3 is 15.0 Å². The highest BCUT2D eigenvalue weighted by molar-refractivity contribution is 6.08. The Labute approximate surface area is 231 Å². The van der Waals surface area contributed by atoms with Crippen LogP contribution in [0, 0.1) is 5.92 Å². The fourth-order valence-electron chi connectivity index (χ4n) is 5.77. The van der Waals surface area contributed by atoms with Crippen molar-refractivity contribution in [2.24, 2.45) is 5.92 Å². The van der Waals surface area contributed by atoms with Gasteiger partial charge in [-0.05, 0) is 72.2 Å². The van der Waals surface area contributed by atoms with Gasteiger partial charge in [0.1, 0.15) is 5.75 Å². The van der Waals surface area contributed by atoms with E-state index in [-0.39, 0.29) is 12.5 Å². The number of imide groups is 1. The van der Waals surface area contributed by atoms with E-state index in [0.717, 1.165) is 40.1 Å². The van der Waals surface area contributed by atoms with E-state index in [1.54, 1.807) is 11.0 Å². The number of nitrogens with one attached hydrogen (secondary N) is 2. The zero-order chi connectivity index (χ0) is 27.4. The minimum atomic E-state index is -1.40. The number of hydrogen-bond acceptors (Lipinski definition) is 5. The summed E-state index contributed by atoms with van der Waals surface area (Å²) in [5, 5.41) is 11.0. The maximum Gasteiger partial charge on any atom is 0.322 e. The predicted octanol–water partition coefficient (Wildman–Crippen LogP) is 4.20. The molecule has 3 aliphatic rings. The molecule has 3 heterocycles. The van der Waals surface area contributed by atoms with Crippen LogP contribution in [0.1, 0.15) is 41.3 Å². The van der Waals surface area contributed by atoms with Gasteiger partial charge >= 0.3 is 6.03 Å². The first-order valence-electron chi connectivity index (χ1n) is 13.7. The molecule has 1 saturated heterocycles. The maximum atomic E-state index is 13.3. The van der Waals surface area contributed by atoms with Crippen molar-refractivity contribution in [2.45, 2.75) is 38.4 Å². The van der Waals surface area contributed by atoms with E-state index in [2.05, 4.69) is 22.9 Å². The fraction of sp³-hybridized carbons (Fsp3) is 0.290. The van der Waals surface area contributed by atoms with Crippen molar-refractivity contribution in [1.29, 1.82) is 0 Å². The number of fused-ring (bicyclic) bond motifs is 2. The lowest BCUT2D eigenvalue weighted by Gasteiger charge is -2.31. The molecule has 40 heavy (non-hydrogen) atoms. The number of amides is 4. The van der Waals surface area contributed by atoms with Crippen molar-refractivity contribution in [3.8, 4) is 16.9 Å². The summed E-state index contributed by atoms with van der Waals surface area (Å²) in [7, 11) is 0. The quantitative estimate of drug-likeness (QED) is 0.329. The third kappa shape index (κ3) is 4.18. The summed E-state index contributed by atoms with van der Waals surface area (Å²) in [6, 6.07) is 18.7. The molecule has 7 rings (SSSR count). The van der Waals surface area contributed by atoms with Crippen molar-refractivity contribution in [1.82, 2.24) is 25.3 Å². The van der Waals surface area contributed by atoms with E-state index in [4.69, 9.17) is 9.84 Å². The molecule has 0 spiro atoms. The van der Waals surface area contributed by atoms with Gasteiger partial charge in [0, 0.05) is 30.2 Å². The predicted molar refractivity (Wildman–Crippen MR) is 149 cm³/mol. The molecule has 4 aromatic rings. The van der Waals surface area contributed by atoms with Crippen LogP contribution in [-0.4, -0.2) is 45.7 Å². The van der Waals surface area contributed by atoms with E-state index in [0.29, 0.717) is 30.0 Å². The molecule has 0 bridgehead atoms. The Morgan fingerprint density at radius 2 is 1.80 bits per heavy atom. The number of carbonyl (C=O) groups excluding carboxylic acids is 3. The molecular weight excluding hydrogens is 506 g/mol. The monoisotopic (exact) mass is 535 g/mol. The summed E-state index contributed by atoms with van der Waals surface area (Å²) < 4.78 is 7.60. The second-order valence-corrected chi connectivity index (χ2v) is 10.9. The fourth-order valence-corrected chi connectivity index (χ4v) is 5.77. The Kier molecular flexibility index (Phi) is 5.62. The zero-order valence-electron chi connectivity index (χ0n) is 22.1. The topological polar surface area (TPSA) is 106 Å². The summed E-state index contributed by atoms with van der Waals surface area (Å²) in [5.41, 5.74) is 3.61. The van der Waals surface area contributed by atoms with Crippen LogP contribution >= 0.6 is 0 Å². The van der Waals surface area contributed by atoms with E-state index in [1.807, 2.05) is 60.1 Å². The number of benzene rings is 3. The van der Waals surface area contributed by atoms with E-state index >= 15 is 0 Å². The summed E-state index contributed by atoms with van der Waals surface area (Å²) in [5.74, 6) is 0.701. The van der Waals surface area contributed by atoms with Crippen LogP contribution in [0.4, 0.5) is 4.79 Å². The van der Waals surface area contributed by atoms with Gasteiger partial charge in [-0.25, -0.2) is 4.79 Å². The van der Waals surface area contributed by atoms with Gasteiger partial charge in [0.15, 0.2) is 5.54 Å². The Bertz CT molecular complexity index is 1670. The van der Waals surface area contributed by atoms with Crippen LogP contribution in [0.2, 0.25) is 0 Å². The van der Waals surface area contributed by atoms with Crippen molar-refractivity contribution >= 4 is 28.7 Å². The van der Waals surface area contributed by atoms with E-state index in [9.17, 15) is 14.4 Å². The van der Waals surface area contributed by atoms with Gasteiger partial charge in [-0.2, -0.15) is 5.10 Å². The summed E-state index contributed by atoms with van der Waals surface area (Å²) in [6.45, 7) is 3.71. The molecule has 0 radical (unpaired) electrons. The smallest absolute Gasteiger partial charge is 0.322 e. The molecule has 2 fully saturated rings. The number of ether oxygens (including phenoxy) is 1. The molecule has 9 nitrogen and oxygen atoms in total. The van der Waals surface area contributed by atoms with Crippen LogP contribution in [0.5, 0.6) is 5.75 Å². The molecule has 9 heteroatoms. The lowest BCUT2D eigenvalue weighted by molar-refractivity contribution is -0.124. The third-order valence-corrected chi connectivity index (χ3v) is 8.05. The van der Waals surface area contributed by atoms with Gasteiger partial charge in [0.2, 0.25) is 0 Å². The van der Waals surface area contributed by atoms with Crippen LogP contribution in [-0.2, 0) is 23.4 Å². The molecule has 1 saturated carbocycles. The van der Waals surface area contributed by atoms with Crippen molar-refractivity contribution in [3.63, 3.8) is 0 Å². The van der Waals surface area contributed by atoms with E-state index in [1.165, 1.54) is 12.8 Å². The first-order chi connectivity index (χ1) is 19.4. The molecule has 4 amide bonds. The molecule has 2 N–H and O–H groups in total. The van der Waals surface area contributed by atoms with Crippen LogP contribution in [0.3, 0.4) is 0 Å². The zero-order valence-corrected chi connectivity index (χ0v) is 22.1. The molecule has 0 unspecified atom stereocenters. The number of urea groups is 1. The average molecular weight is 536 g/mol. The van der Waals surface area contributed by atoms with Gasteiger partial charge in [0.05, 0.1) is 18.7 Å². The molecule has 2 aliphatic heterocycles. The van der Waals surface area contributed by atoms with E-state index < -0.39 is 17.5 Å². The summed E-state index contributed by atoms with van der Waals surface area (Å²) in [4.78, 5) is 40.5. The minimum Gasteiger partial charge on any atom is -0.494 e. The highest BCUT2D eigenvalue weighted by atomic mass is 16.5. The van der Waals surface area contributed by atoms with Crippen molar-refractivity contribution in [3.05, 3.63) is 83.6 Å². The van der Waals surface area contributed by atoms with Gasteiger partial charge in [0.25, 0.3) is 11.8 Å². The summed E-state index contributed by atoms with van der Waals surface area (Å²) >= 11 is 0. The number of nitrogens with zero attached hydrogens (tertiary/aromatic N) is 3. The number of aromatic nitrogens is 2. The molecule has 1 aliphatic carbocycles. The van der Waals surface area contributed by atoms with Crippen molar-refractivity contribution in [2.75, 3.05) is 13.2 Å². The van der Waals surface area contributed by atoms with Gasteiger partial charge in [-0.15, -0.1) is 0 Å². The minimum absolute atomic E-state index is 0.00748. The normalized spacial score (nSPS) is 20.1. The van der Waals surface area contributed by atoms with Crippen molar-refractivity contribution < 1.29 is 19.1 Å². The standard InChI is InChI=1S/C31H29N5O4/c1-2-40-25-11-7-22-16-35(28(37)26(22)14-25)18-31(29(38)32-30(39)33-31)24-9-5-20(6-10-24)21-8-12-27-23(13-21)17-36(34-27)15-19-3-4-19/h5-14,17,19H,2-4,15-16,18H2,1H3,(H2,32,33,38,39)/t31-/m0/s1. The Morgan fingerprint density at radius 3 is 2.52 bits per heavy atom. The second-order valence-electron chi connectivity index (χ2n) is 10.9. The number of carbonyl (C=O) groups is 3. The number of rotatable bonds is 8. The maximum absolute atomic E-state index is 13.3. The first-order valence-corrected chi connectivity index (χ1v) is 13.7. The highest BCUT2D eigenvalue weighted by Crippen LogP contribution is 2.34. The van der Waals surface area contributed by atoms with Crippen LogP contribution in [0.15, 0.2) is 66.9 Å². The average Bonchev–Trinajstić information content (AvgIpc) is 3.48. The van der Waals surface area contributed by atoms with Crippen LogP contribution < -0.4 is 15.4 Å². The lowest BCUT2D eigenvalue weighted by Crippen LogP contribution is -2.52. The largest absolute Gasteiger partial charge is 0.494 e. The Hall–Kier alpha value is -4.66. The summed E-state index contributed by atoms with van der Waals surface area (Å²) in [6.07, 6.45) is 4.66. The van der Waals surface area contributed by atoms with Crippen LogP contribution in [0.25, 0.3) is 22.0 Å². The highest BCUT2D eigenvalue weighted by Gasteiger charge is 2.50. The molecule has 202 valence electrons. The van der Waals surface area contributed by atoms with Gasteiger partial charge in [-0.3, -0.25) is 19.6 Å². The van der Waals surface area contributed by atoms with Gasteiger partial charge in [-0.1, -0.05) is 36.4 Å². The first kappa shape index (κ1) is 24.4. The molecule has 3 aromatic carbocycles. The Morgan fingerprint density at radius 1 is 1.00 bits per heavy atom. The lowest BCUT2D eigenvalue weighted by atomic mass is 9.88. The SMILES string of the molecule is CCOc1ccc2c(c1)C(=O)N(C[C@@]1(c3ccc(-c4ccc5nn(CC6CC6)cc5c4)cc3)NC(=O)NC1=O)C2. The number of hydrogen-bond donors (Lipinski definition) is 2. The Balaban J connectivity index is 1.16. The third-order valence-electron chi connectivity index (χ3n) is 8.05. The molecule has 1 aromatic heterocycles. The second kappa shape index (κ2) is 9.22. The molecular formula is C31H29N5O4.